The molecule has 0 amide bonds. The van der Waals surface area contributed by atoms with Crippen LogP contribution in [0.2, 0.25) is 5.15 Å². The van der Waals surface area contributed by atoms with Crippen molar-refractivity contribution in [3.63, 3.8) is 0 Å². The van der Waals surface area contributed by atoms with Crippen molar-refractivity contribution in [1.82, 2.24) is 15.3 Å². The number of nitrogens with zero attached hydrogens (tertiary/aromatic N) is 2. The minimum absolute atomic E-state index is 0.0754. The zero-order valence-electron chi connectivity index (χ0n) is 19.3. The molecule has 1 unspecified atom stereocenters. The van der Waals surface area contributed by atoms with Gasteiger partial charge < -0.3 is 10.4 Å². The van der Waals surface area contributed by atoms with Gasteiger partial charge in [-0.15, -0.1) is 0 Å². The fourth-order valence-corrected chi connectivity index (χ4v) is 5.71. The van der Waals surface area contributed by atoms with Crippen LogP contribution in [0.3, 0.4) is 0 Å². The predicted molar refractivity (Wildman–Crippen MR) is 135 cm³/mol. The Hall–Kier alpha value is -2.52. The lowest BCUT2D eigenvalue weighted by molar-refractivity contribution is 0.152. The molecule has 0 saturated carbocycles. The Morgan fingerprint density at radius 1 is 1.12 bits per heavy atom. The highest BCUT2D eigenvalue weighted by Gasteiger charge is 2.21. The molecule has 7 nitrogen and oxygen atoms in total. The maximum atomic E-state index is 13.2. The van der Waals surface area contributed by atoms with Crippen LogP contribution in [0.25, 0.3) is 11.3 Å². The first-order valence-corrected chi connectivity index (χ1v) is 13.2. The Labute approximate surface area is 205 Å². The largest absolute Gasteiger partial charge is 0.392 e. The Balaban J connectivity index is 1.58. The molecule has 0 radical (unpaired) electrons. The van der Waals surface area contributed by atoms with E-state index in [1.165, 1.54) is 0 Å². The molecule has 1 aliphatic heterocycles. The molecule has 9 heteroatoms. The third-order valence-corrected chi connectivity index (χ3v) is 7.63. The highest BCUT2D eigenvalue weighted by Crippen LogP contribution is 2.29. The van der Waals surface area contributed by atoms with Gasteiger partial charge in [-0.3, -0.25) is 0 Å². The number of halogens is 1. The summed E-state index contributed by atoms with van der Waals surface area (Å²) in [6.45, 7) is 5.38. The number of aryl methyl sites for hydroxylation is 2. The van der Waals surface area contributed by atoms with Gasteiger partial charge in [-0.25, -0.2) is 23.1 Å². The fraction of sp³-hybridized carbons (Fsp3) is 0.360. The third-order valence-electron chi connectivity index (χ3n) is 6.11. The van der Waals surface area contributed by atoms with Crippen LogP contribution in [0.1, 0.15) is 29.5 Å². The standard InChI is InChI=1S/C25H29ClN4O3S/c1-16-5-3-6-17(2)24(16)22-14-23(26)29-25(28-22)30-34(32,33)21-8-4-7-18(13-21)11-19-9-10-27-15-20(31)12-19/h3-8,13-14,19-20,27,31H,9-12,15H2,1-2H3,(H,28,29,30)/t19?,20-/m0/s1. The number of anilines is 1. The van der Waals surface area contributed by atoms with E-state index in [2.05, 4.69) is 20.0 Å². The Kier molecular flexibility index (Phi) is 7.52. The van der Waals surface area contributed by atoms with E-state index in [1.807, 2.05) is 38.1 Å². The van der Waals surface area contributed by atoms with Gasteiger partial charge in [-0.05, 0) is 74.4 Å². The second-order valence-electron chi connectivity index (χ2n) is 8.87. The summed E-state index contributed by atoms with van der Waals surface area (Å²) in [5, 5.41) is 13.4. The number of benzene rings is 2. The molecule has 34 heavy (non-hydrogen) atoms. The van der Waals surface area contributed by atoms with Crippen molar-refractivity contribution in [2.24, 2.45) is 5.92 Å². The molecular formula is C25H29ClN4O3S. The molecular weight excluding hydrogens is 472 g/mol. The summed E-state index contributed by atoms with van der Waals surface area (Å²) in [5.74, 6) is 0.209. The van der Waals surface area contributed by atoms with Crippen LogP contribution in [-0.2, 0) is 16.4 Å². The van der Waals surface area contributed by atoms with E-state index in [1.54, 1.807) is 24.3 Å². The van der Waals surface area contributed by atoms with E-state index >= 15 is 0 Å². The first kappa shape index (κ1) is 24.6. The van der Waals surface area contributed by atoms with E-state index in [0.717, 1.165) is 35.2 Å². The lowest BCUT2D eigenvalue weighted by Gasteiger charge is -2.16. The molecule has 3 N–H and O–H groups in total. The van der Waals surface area contributed by atoms with Gasteiger partial charge in [-0.2, -0.15) is 0 Å². The molecule has 0 spiro atoms. The summed E-state index contributed by atoms with van der Waals surface area (Å²) < 4.78 is 28.8. The zero-order chi connectivity index (χ0) is 24.3. The van der Waals surface area contributed by atoms with E-state index < -0.39 is 10.0 Å². The van der Waals surface area contributed by atoms with Crippen molar-refractivity contribution in [3.8, 4) is 11.3 Å². The average molecular weight is 501 g/mol. The molecule has 2 aromatic carbocycles. The molecule has 1 aliphatic rings. The van der Waals surface area contributed by atoms with Crippen LogP contribution in [-0.4, -0.2) is 42.7 Å². The van der Waals surface area contributed by atoms with Crippen LogP contribution < -0.4 is 10.0 Å². The zero-order valence-corrected chi connectivity index (χ0v) is 20.8. The number of aliphatic hydroxyl groups excluding tert-OH is 1. The van der Waals surface area contributed by atoms with E-state index in [-0.39, 0.29) is 28.0 Å². The summed E-state index contributed by atoms with van der Waals surface area (Å²) >= 11 is 6.23. The van der Waals surface area contributed by atoms with Gasteiger partial charge >= 0.3 is 0 Å². The molecule has 0 bridgehead atoms. The SMILES string of the molecule is Cc1cccc(C)c1-c1cc(Cl)nc(NS(=O)(=O)c2cccc(CC3CCNC[C@@H](O)C3)c2)n1. The average Bonchev–Trinajstić information content (AvgIpc) is 2.96. The number of hydrogen-bond donors (Lipinski definition) is 3. The number of sulfonamides is 1. The highest BCUT2D eigenvalue weighted by molar-refractivity contribution is 7.92. The van der Waals surface area contributed by atoms with Crippen molar-refractivity contribution < 1.29 is 13.5 Å². The molecule has 2 heterocycles. The quantitative estimate of drug-likeness (QED) is 0.440. The van der Waals surface area contributed by atoms with Crippen LogP contribution in [0, 0.1) is 19.8 Å². The van der Waals surface area contributed by atoms with Gasteiger partial charge in [0.15, 0.2) is 0 Å². The van der Waals surface area contributed by atoms with Crippen LogP contribution in [0.4, 0.5) is 5.95 Å². The van der Waals surface area contributed by atoms with Gasteiger partial charge in [0.05, 0.1) is 16.7 Å². The van der Waals surface area contributed by atoms with Crippen molar-refractivity contribution in [2.45, 2.75) is 44.1 Å². The lowest BCUT2D eigenvalue weighted by atomic mass is 9.92. The predicted octanol–water partition coefficient (Wildman–Crippen LogP) is 4.12. The minimum atomic E-state index is -3.93. The molecule has 1 fully saturated rings. The number of aromatic nitrogens is 2. The number of aliphatic hydroxyl groups is 1. The second kappa shape index (κ2) is 10.4. The van der Waals surface area contributed by atoms with Crippen molar-refractivity contribution in [1.29, 1.82) is 0 Å². The molecule has 2 atom stereocenters. The van der Waals surface area contributed by atoms with Crippen LogP contribution >= 0.6 is 11.6 Å². The summed E-state index contributed by atoms with van der Waals surface area (Å²) in [7, 11) is -3.93. The fourth-order valence-electron chi connectivity index (χ4n) is 4.51. The topological polar surface area (TPSA) is 104 Å². The molecule has 4 rings (SSSR count). The third kappa shape index (κ3) is 5.93. The molecule has 0 aliphatic carbocycles. The Bertz CT molecular complexity index is 1260. The number of β-amino-alcohol motifs (C(OH)–C–C–N with tert-alkyl or cyclic N) is 1. The number of hydrogen-bond acceptors (Lipinski definition) is 6. The van der Waals surface area contributed by atoms with Gasteiger partial charge in [0.1, 0.15) is 5.15 Å². The van der Waals surface area contributed by atoms with Gasteiger partial charge in [0.25, 0.3) is 10.0 Å². The molecule has 1 aromatic heterocycles. The Morgan fingerprint density at radius 3 is 2.62 bits per heavy atom. The van der Waals surface area contributed by atoms with Gasteiger partial charge in [0.2, 0.25) is 5.95 Å². The summed E-state index contributed by atoms with van der Waals surface area (Å²) in [5.41, 5.74) is 4.38. The molecule has 3 aromatic rings. The summed E-state index contributed by atoms with van der Waals surface area (Å²) in [6.07, 6.45) is 1.95. The van der Waals surface area contributed by atoms with E-state index in [0.29, 0.717) is 25.1 Å². The van der Waals surface area contributed by atoms with Crippen molar-refractivity contribution in [2.75, 3.05) is 17.8 Å². The monoisotopic (exact) mass is 500 g/mol. The molecule has 180 valence electrons. The maximum Gasteiger partial charge on any atom is 0.264 e. The van der Waals surface area contributed by atoms with Gasteiger partial charge in [0, 0.05) is 18.2 Å². The summed E-state index contributed by atoms with van der Waals surface area (Å²) in [4.78, 5) is 8.68. The normalized spacial score (nSPS) is 18.9. The summed E-state index contributed by atoms with van der Waals surface area (Å²) in [6, 6.07) is 14.4. The first-order chi connectivity index (χ1) is 16.2. The van der Waals surface area contributed by atoms with Crippen LogP contribution in [0.5, 0.6) is 0 Å². The lowest BCUT2D eigenvalue weighted by Crippen LogP contribution is -2.24. The number of nitrogens with one attached hydrogen (secondary N) is 2. The van der Waals surface area contributed by atoms with Crippen LogP contribution in [0.15, 0.2) is 53.4 Å². The van der Waals surface area contributed by atoms with Crippen molar-refractivity contribution in [3.05, 3.63) is 70.4 Å². The minimum Gasteiger partial charge on any atom is -0.392 e. The molecule has 1 saturated heterocycles. The van der Waals surface area contributed by atoms with Gasteiger partial charge in [-0.1, -0.05) is 41.9 Å². The number of rotatable bonds is 6. The highest BCUT2D eigenvalue weighted by atomic mass is 35.5. The second-order valence-corrected chi connectivity index (χ2v) is 10.9. The smallest absolute Gasteiger partial charge is 0.264 e. The first-order valence-electron chi connectivity index (χ1n) is 11.3. The van der Waals surface area contributed by atoms with E-state index in [9.17, 15) is 13.5 Å². The Morgan fingerprint density at radius 2 is 1.85 bits per heavy atom. The van der Waals surface area contributed by atoms with E-state index in [4.69, 9.17) is 11.6 Å². The maximum absolute atomic E-state index is 13.2. The van der Waals surface area contributed by atoms with Crippen molar-refractivity contribution >= 4 is 27.6 Å².